The Balaban J connectivity index is 1.27. The van der Waals surface area contributed by atoms with Gasteiger partial charge in [-0.15, -0.1) is 10.2 Å². The molecule has 4 rings (SSSR count). The number of aromatic nitrogens is 2. The minimum atomic E-state index is 0.0911. The van der Waals surface area contributed by atoms with Gasteiger partial charge in [0.25, 0.3) is 0 Å². The zero-order chi connectivity index (χ0) is 15.1. The second-order valence-electron chi connectivity index (χ2n) is 6.70. The molecule has 0 aromatic carbocycles. The molecule has 2 aliphatic heterocycles. The molecular weight excluding hydrogens is 300 g/mol. The number of carbonyl (C=O) groups excluding carboxylic acids is 1. The first-order chi connectivity index (χ1) is 10.7. The standard InChI is InChI=1S/C15H22N4O2S/c1-9-17-18-15(22-9)19-7-10-5-12(21-13(10)8-19)6-14(20)16-11-3-2-4-11/h10-13H,2-8H2,1H3,(H,16,20)/t10-,12-,13+/m0/s1. The third-order valence-corrected chi connectivity index (χ3v) is 5.88. The van der Waals surface area contributed by atoms with Gasteiger partial charge in [0.1, 0.15) is 5.01 Å². The summed E-state index contributed by atoms with van der Waals surface area (Å²) in [6.07, 6.45) is 5.35. The van der Waals surface area contributed by atoms with Gasteiger partial charge in [0, 0.05) is 25.0 Å². The molecule has 3 aliphatic rings. The van der Waals surface area contributed by atoms with Gasteiger partial charge < -0.3 is 15.0 Å². The van der Waals surface area contributed by atoms with Crippen LogP contribution < -0.4 is 10.2 Å². The molecule has 0 bridgehead atoms. The predicted molar refractivity (Wildman–Crippen MR) is 84.0 cm³/mol. The second-order valence-corrected chi connectivity index (χ2v) is 7.86. The van der Waals surface area contributed by atoms with Crippen molar-refractivity contribution < 1.29 is 9.53 Å². The second kappa shape index (κ2) is 5.77. The number of aryl methyl sites for hydroxylation is 1. The fourth-order valence-corrected chi connectivity index (χ4v) is 4.32. The normalized spacial score (nSPS) is 31.1. The number of nitrogens with one attached hydrogen (secondary N) is 1. The van der Waals surface area contributed by atoms with Gasteiger partial charge in [-0.3, -0.25) is 4.79 Å². The fraction of sp³-hybridized carbons (Fsp3) is 0.800. The Morgan fingerprint density at radius 3 is 2.91 bits per heavy atom. The Morgan fingerprint density at radius 1 is 1.41 bits per heavy atom. The molecule has 1 aromatic heterocycles. The number of amides is 1. The third kappa shape index (κ3) is 2.84. The maximum Gasteiger partial charge on any atom is 0.222 e. The molecule has 22 heavy (non-hydrogen) atoms. The van der Waals surface area contributed by atoms with Gasteiger partial charge in [-0.1, -0.05) is 11.3 Å². The largest absolute Gasteiger partial charge is 0.372 e. The highest BCUT2D eigenvalue weighted by Crippen LogP contribution is 2.37. The molecule has 3 fully saturated rings. The van der Waals surface area contributed by atoms with Gasteiger partial charge in [-0.2, -0.15) is 0 Å². The number of rotatable bonds is 4. The average Bonchev–Trinajstić information content (AvgIpc) is 3.08. The third-order valence-electron chi connectivity index (χ3n) is 4.98. The molecule has 0 spiro atoms. The Hall–Kier alpha value is -1.21. The summed E-state index contributed by atoms with van der Waals surface area (Å²) in [5.74, 6) is 0.678. The van der Waals surface area contributed by atoms with Crippen LogP contribution in [0.2, 0.25) is 0 Å². The van der Waals surface area contributed by atoms with E-state index >= 15 is 0 Å². The lowest BCUT2D eigenvalue weighted by Gasteiger charge is -2.27. The van der Waals surface area contributed by atoms with Gasteiger partial charge in [0.15, 0.2) is 0 Å². The van der Waals surface area contributed by atoms with E-state index in [-0.39, 0.29) is 18.1 Å². The van der Waals surface area contributed by atoms with Gasteiger partial charge in [-0.05, 0) is 32.6 Å². The molecule has 1 amide bonds. The Labute approximate surface area is 134 Å². The lowest BCUT2D eigenvalue weighted by Crippen LogP contribution is -2.40. The topological polar surface area (TPSA) is 67.4 Å². The molecule has 0 unspecified atom stereocenters. The molecule has 2 saturated heterocycles. The summed E-state index contributed by atoms with van der Waals surface area (Å²) in [6.45, 7) is 3.82. The highest BCUT2D eigenvalue weighted by atomic mass is 32.1. The summed E-state index contributed by atoms with van der Waals surface area (Å²) in [4.78, 5) is 14.3. The van der Waals surface area contributed by atoms with E-state index in [2.05, 4.69) is 20.4 Å². The summed E-state index contributed by atoms with van der Waals surface area (Å²) in [6, 6.07) is 0.421. The number of anilines is 1. The van der Waals surface area contributed by atoms with Crippen molar-refractivity contribution in [2.75, 3.05) is 18.0 Å². The van der Waals surface area contributed by atoms with Crippen LogP contribution in [0.3, 0.4) is 0 Å². The van der Waals surface area contributed by atoms with E-state index < -0.39 is 0 Å². The van der Waals surface area contributed by atoms with E-state index in [9.17, 15) is 4.79 Å². The SMILES string of the molecule is Cc1nnc(N2C[C@@H]3C[C@@H](CC(=O)NC4CCC4)O[C@@H]3C2)s1. The predicted octanol–water partition coefficient (Wildman–Crippen LogP) is 1.50. The van der Waals surface area contributed by atoms with Crippen molar-refractivity contribution in [1.29, 1.82) is 0 Å². The molecule has 6 nitrogen and oxygen atoms in total. The van der Waals surface area contributed by atoms with Crippen LogP contribution in [0.25, 0.3) is 0 Å². The Morgan fingerprint density at radius 2 is 2.27 bits per heavy atom. The molecule has 1 aromatic rings. The average molecular weight is 322 g/mol. The molecule has 1 N–H and O–H groups in total. The molecule has 1 saturated carbocycles. The van der Waals surface area contributed by atoms with Gasteiger partial charge in [0.05, 0.1) is 18.6 Å². The number of fused-ring (bicyclic) bond motifs is 1. The van der Waals surface area contributed by atoms with Crippen LogP contribution >= 0.6 is 11.3 Å². The number of carbonyl (C=O) groups is 1. The van der Waals surface area contributed by atoms with Crippen LogP contribution in [0.15, 0.2) is 0 Å². The number of hydrogen-bond donors (Lipinski definition) is 1. The molecule has 0 radical (unpaired) electrons. The van der Waals surface area contributed by atoms with E-state index in [4.69, 9.17) is 4.74 Å². The summed E-state index contributed by atoms with van der Waals surface area (Å²) < 4.78 is 6.10. The summed E-state index contributed by atoms with van der Waals surface area (Å²) in [7, 11) is 0. The first-order valence-corrected chi connectivity index (χ1v) is 8.99. The van der Waals surface area contributed by atoms with E-state index in [1.54, 1.807) is 11.3 Å². The van der Waals surface area contributed by atoms with Crippen LogP contribution in [-0.2, 0) is 9.53 Å². The number of nitrogens with zero attached hydrogens (tertiary/aromatic N) is 3. The van der Waals surface area contributed by atoms with Crippen molar-refractivity contribution in [2.45, 2.75) is 57.3 Å². The Kier molecular flexibility index (Phi) is 3.78. The molecule has 3 atom stereocenters. The van der Waals surface area contributed by atoms with Crippen LogP contribution in [0, 0.1) is 12.8 Å². The quantitative estimate of drug-likeness (QED) is 0.910. The lowest BCUT2D eigenvalue weighted by atomic mass is 9.93. The fourth-order valence-electron chi connectivity index (χ4n) is 3.61. The summed E-state index contributed by atoms with van der Waals surface area (Å²) in [5.41, 5.74) is 0. The Bertz CT molecular complexity index is 545. The van der Waals surface area contributed by atoms with Crippen molar-refractivity contribution in [1.82, 2.24) is 15.5 Å². The van der Waals surface area contributed by atoms with E-state index in [1.807, 2.05) is 6.92 Å². The van der Waals surface area contributed by atoms with Gasteiger partial charge in [0.2, 0.25) is 11.0 Å². The van der Waals surface area contributed by atoms with E-state index in [0.717, 1.165) is 42.5 Å². The smallest absolute Gasteiger partial charge is 0.222 e. The summed E-state index contributed by atoms with van der Waals surface area (Å²) in [5, 5.41) is 13.4. The minimum absolute atomic E-state index is 0.0911. The number of hydrogen-bond acceptors (Lipinski definition) is 6. The monoisotopic (exact) mass is 322 g/mol. The first-order valence-electron chi connectivity index (χ1n) is 8.17. The highest BCUT2D eigenvalue weighted by Gasteiger charge is 2.43. The molecular formula is C15H22N4O2S. The van der Waals surface area contributed by atoms with Crippen molar-refractivity contribution >= 4 is 22.4 Å². The maximum atomic E-state index is 12.0. The molecule has 1 aliphatic carbocycles. The van der Waals surface area contributed by atoms with E-state index in [0.29, 0.717) is 18.4 Å². The zero-order valence-corrected chi connectivity index (χ0v) is 13.6. The summed E-state index contributed by atoms with van der Waals surface area (Å²) >= 11 is 1.63. The highest BCUT2D eigenvalue weighted by molar-refractivity contribution is 7.15. The lowest BCUT2D eigenvalue weighted by molar-refractivity contribution is -0.124. The minimum Gasteiger partial charge on any atom is -0.372 e. The van der Waals surface area contributed by atoms with Crippen molar-refractivity contribution in [2.24, 2.45) is 5.92 Å². The molecule has 7 heteroatoms. The zero-order valence-electron chi connectivity index (χ0n) is 12.8. The maximum absolute atomic E-state index is 12.0. The van der Waals surface area contributed by atoms with Crippen molar-refractivity contribution in [3.8, 4) is 0 Å². The van der Waals surface area contributed by atoms with Crippen LogP contribution in [0.1, 0.15) is 37.1 Å². The van der Waals surface area contributed by atoms with Crippen LogP contribution in [0.4, 0.5) is 5.13 Å². The van der Waals surface area contributed by atoms with Crippen molar-refractivity contribution in [3.05, 3.63) is 5.01 Å². The molecule has 3 heterocycles. The number of ether oxygens (including phenoxy) is 1. The van der Waals surface area contributed by atoms with E-state index in [1.165, 1.54) is 6.42 Å². The van der Waals surface area contributed by atoms with Crippen molar-refractivity contribution in [3.63, 3.8) is 0 Å². The van der Waals surface area contributed by atoms with Gasteiger partial charge >= 0.3 is 0 Å². The van der Waals surface area contributed by atoms with Gasteiger partial charge in [-0.25, -0.2) is 0 Å². The molecule has 120 valence electrons. The first kappa shape index (κ1) is 14.4. The van der Waals surface area contributed by atoms with Crippen LogP contribution in [-0.4, -0.2) is 47.4 Å². The van der Waals surface area contributed by atoms with Crippen LogP contribution in [0.5, 0.6) is 0 Å².